The van der Waals surface area contributed by atoms with Crippen molar-refractivity contribution in [2.45, 2.75) is 0 Å². The monoisotopic (exact) mass is 143 g/mol. The Balaban J connectivity index is 2.92. The average Bonchev–Trinajstić information content (AvgIpc) is 2.50. The van der Waals surface area contributed by atoms with Crippen molar-refractivity contribution in [1.29, 1.82) is 0 Å². The van der Waals surface area contributed by atoms with Crippen LogP contribution in [0.15, 0.2) is 18.6 Å². The van der Waals surface area contributed by atoms with Gasteiger partial charge in [0.05, 0.1) is 23.5 Å². The molecule has 0 saturated heterocycles. The zero-order chi connectivity index (χ0) is 7.68. The Kier molecular flexibility index (Phi) is 1.13. The van der Waals surface area contributed by atoms with E-state index in [9.17, 15) is 0 Å². The second-order valence-corrected chi connectivity index (χ2v) is 2.16. The molecule has 2 aromatic heterocycles. The van der Waals surface area contributed by atoms with Crippen LogP contribution >= 0.6 is 0 Å². The van der Waals surface area contributed by atoms with Crippen LogP contribution in [-0.2, 0) is 0 Å². The van der Waals surface area contributed by atoms with Crippen LogP contribution in [0.4, 0.5) is 0 Å². The molecular weight excluding hydrogens is 138 g/mol. The smallest absolute Gasteiger partial charge is 0.0846 e. The van der Waals surface area contributed by atoms with E-state index in [1.807, 2.05) is 0 Å². The van der Waals surface area contributed by atoms with Crippen LogP contribution in [0.1, 0.15) is 5.56 Å². The highest BCUT2D eigenvalue weighted by Gasteiger charge is 1.98. The normalized spacial score (nSPS) is 9.73. The van der Waals surface area contributed by atoms with Crippen molar-refractivity contribution in [2.75, 3.05) is 0 Å². The standard InChI is InChI=1S/C8H5N3/c1-2-6-3-9-5-8-7(6)4-10-11-8/h1,3-5H,(H,10,11). The van der Waals surface area contributed by atoms with Gasteiger partial charge in [-0.1, -0.05) is 5.92 Å². The molecule has 3 nitrogen and oxygen atoms in total. The van der Waals surface area contributed by atoms with Gasteiger partial charge in [0.2, 0.25) is 0 Å². The first-order valence-corrected chi connectivity index (χ1v) is 3.15. The van der Waals surface area contributed by atoms with Crippen LogP contribution in [0, 0.1) is 12.3 Å². The molecule has 11 heavy (non-hydrogen) atoms. The van der Waals surface area contributed by atoms with E-state index in [-0.39, 0.29) is 0 Å². The maximum Gasteiger partial charge on any atom is 0.0846 e. The van der Waals surface area contributed by atoms with Gasteiger partial charge in [-0.05, 0) is 0 Å². The molecule has 0 aliphatic carbocycles. The molecule has 0 saturated carbocycles. The van der Waals surface area contributed by atoms with Gasteiger partial charge in [-0.3, -0.25) is 10.1 Å². The van der Waals surface area contributed by atoms with Crippen LogP contribution in [0.2, 0.25) is 0 Å². The second kappa shape index (κ2) is 2.10. The van der Waals surface area contributed by atoms with Crippen molar-refractivity contribution in [3.8, 4) is 12.3 Å². The van der Waals surface area contributed by atoms with Gasteiger partial charge in [-0.25, -0.2) is 0 Å². The summed E-state index contributed by atoms with van der Waals surface area (Å²) < 4.78 is 0. The molecule has 2 rings (SSSR count). The Morgan fingerprint density at radius 3 is 3.09 bits per heavy atom. The number of aromatic amines is 1. The number of pyridine rings is 1. The number of hydrogen-bond donors (Lipinski definition) is 1. The molecule has 0 atom stereocenters. The Morgan fingerprint density at radius 1 is 1.36 bits per heavy atom. The summed E-state index contributed by atoms with van der Waals surface area (Å²) in [5.74, 6) is 2.53. The maximum atomic E-state index is 5.24. The van der Waals surface area contributed by atoms with Gasteiger partial charge in [-0.2, -0.15) is 5.10 Å². The number of terminal acetylenes is 1. The summed E-state index contributed by atoms with van der Waals surface area (Å²) in [7, 11) is 0. The summed E-state index contributed by atoms with van der Waals surface area (Å²) in [5.41, 5.74) is 1.65. The third-order valence-electron chi connectivity index (χ3n) is 1.52. The minimum atomic E-state index is 0.774. The zero-order valence-electron chi connectivity index (χ0n) is 5.70. The van der Waals surface area contributed by atoms with E-state index in [0.29, 0.717) is 0 Å². The van der Waals surface area contributed by atoms with Crippen molar-refractivity contribution < 1.29 is 0 Å². The molecule has 0 radical (unpaired) electrons. The van der Waals surface area contributed by atoms with E-state index in [2.05, 4.69) is 21.1 Å². The summed E-state index contributed by atoms with van der Waals surface area (Å²) in [5, 5.41) is 7.58. The number of nitrogens with zero attached hydrogens (tertiary/aromatic N) is 2. The highest BCUT2D eigenvalue weighted by Crippen LogP contribution is 2.12. The number of fused-ring (bicyclic) bond motifs is 1. The van der Waals surface area contributed by atoms with Crippen LogP contribution < -0.4 is 0 Å². The molecule has 0 fully saturated rings. The first-order valence-electron chi connectivity index (χ1n) is 3.15. The molecule has 0 aliphatic rings. The fourth-order valence-electron chi connectivity index (χ4n) is 0.980. The summed E-state index contributed by atoms with van der Waals surface area (Å²) in [6.45, 7) is 0. The van der Waals surface area contributed by atoms with Crippen molar-refractivity contribution in [2.24, 2.45) is 0 Å². The number of aromatic nitrogens is 3. The highest BCUT2D eigenvalue weighted by atomic mass is 15.1. The fourth-order valence-corrected chi connectivity index (χ4v) is 0.980. The molecule has 52 valence electrons. The second-order valence-electron chi connectivity index (χ2n) is 2.16. The lowest BCUT2D eigenvalue weighted by atomic mass is 10.2. The van der Waals surface area contributed by atoms with E-state index >= 15 is 0 Å². The van der Waals surface area contributed by atoms with Gasteiger partial charge in [0.25, 0.3) is 0 Å². The predicted molar refractivity (Wildman–Crippen MR) is 41.8 cm³/mol. The van der Waals surface area contributed by atoms with Crippen LogP contribution in [-0.4, -0.2) is 15.2 Å². The predicted octanol–water partition coefficient (Wildman–Crippen LogP) is 0.939. The van der Waals surface area contributed by atoms with Gasteiger partial charge in [0.15, 0.2) is 0 Å². The van der Waals surface area contributed by atoms with E-state index in [1.165, 1.54) is 0 Å². The number of H-pyrrole nitrogens is 1. The molecule has 0 amide bonds. The van der Waals surface area contributed by atoms with Crippen LogP contribution in [0.3, 0.4) is 0 Å². The molecule has 3 heteroatoms. The molecule has 0 aliphatic heterocycles. The fraction of sp³-hybridized carbons (Fsp3) is 0. The molecule has 0 bridgehead atoms. The van der Waals surface area contributed by atoms with Gasteiger partial charge in [0.1, 0.15) is 0 Å². The molecular formula is C8H5N3. The van der Waals surface area contributed by atoms with Crippen LogP contribution in [0.5, 0.6) is 0 Å². The number of hydrogen-bond acceptors (Lipinski definition) is 2. The largest absolute Gasteiger partial charge is 0.276 e. The van der Waals surface area contributed by atoms with E-state index in [4.69, 9.17) is 6.42 Å². The Morgan fingerprint density at radius 2 is 2.27 bits per heavy atom. The van der Waals surface area contributed by atoms with Gasteiger partial charge in [-0.15, -0.1) is 6.42 Å². The first-order chi connectivity index (χ1) is 5.42. The van der Waals surface area contributed by atoms with Crippen molar-refractivity contribution >= 4 is 10.9 Å². The molecule has 2 aromatic rings. The van der Waals surface area contributed by atoms with E-state index < -0.39 is 0 Å². The minimum Gasteiger partial charge on any atom is -0.276 e. The third-order valence-corrected chi connectivity index (χ3v) is 1.52. The Hall–Kier alpha value is -1.82. The Labute approximate surface area is 63.5 Å². The zero-order valence-corrected chi connectivity index (χ0v) is 5.70. The van der Waals surface area contributed by atoms with E-state index in [1.54, 1.807) is 18.6 Å². The lowest BCUT2D eigenvalue weighted by Crippen LogP contribution is -1.78. The van der Waals surface area contributed by atoms with Gasteiger partial charge >= 0.3 is 0 Å². The molecule has 0 aromatic carbocycles. The maximum absolute atomic E-state index is 5.24. The van der Waals surface area contributed by atoms with Crippen LogP contribution in [0.25, 0.3) is 10.9 Å². The topological polar surface area (TPSA) is 41.6 Å². The summed E-state index contributed by atoms with van der Waals surface area (Å²) >= 11 is 0. The summed E-state index contributed by atoms with van der Waals surface area (Å²) in [6, 6.07) is 0. The summed E-state index contributed by atoms with van der Waals surface area (Å²) in [6.07, 6.45) is 10.3. The van der Waals surface area contributed by atoms with E-state index in [0.717, 1.165) is 16.5 Å². The molecule has 1 N–H and O–H groups in total. The molecule has 2 heterocycles. The number of rotatable bonds is 0. The highest BCUT2D eigenvalue weighted by molar-refractivity contribution is 5.83. The van der Waals surface area contributed by atoms with Crippen molar-refractivity contribution in [1.82, 2.24) is 15.2 Å². The van der Waals surface area contributed by atoms with Crippen molar-refractivity contribution in [3.63, 3.8) is 0 Å². The molecule has 0 spiro atoms. The minimum absolute atomic E-state index is 0.774. The lowest BCUT2D eigenvalue weighted by Gasteiger charge is -1.89. The lowest BCUT2D eigenvalue weighted by molar-refractivity contribution is 1.11. The quantitative estimate of drug-likeness (QED) is 0.557. The third kappa shape index (κ3) is 0.767. The number of nitrogens with one attached hydrogen (secondary N) is 1. The Bertz CT molecular complexity index is 422. The average molecular weight is 143 g/mol. The first kappa shape index (κ1) is 5.93. The SMILES string of the molecule is C#Cc1cncc2[nH]ncc12. The van der Waals surface area contributed by atoms with Gasteiger partial charge < -0.3 is 0 Å². The van der Waals surface area contributed by atoms with Crippen molar-refractivity contribution in [3.05, 3.63) is 24.2 Å². The summed E-state index contributed by atoms with van der Waals surface area (Å²) in [4.78, 5) is 3.94. The molecule has 0 unspecified atom stereocenters. The van der Waals surface area contributed by atoms with Gasteiger partial charge in [0, 0.05) is 11.6 Å².